The van der Waals surface area contributed by atoms with Crippen LogP contribution in [0.3, 0.4) is 0 Å². The van der Waals surface area contributed by atoms with Gasteiger partial charge in [0.25, 0.3) is 0 Å². The van der Waals surface area contributed by atoms with Crippen LogP contribution >= 0.6 is 11.3 Å². The zero-order chi connectivity index (χ0) is 43.0. The molecular formula is C54H76BN2S. The smallest absolute Gasteiger partial charge is 0.210 e. The van der Waals surface area contributed by atoms with Crippen molar-refractivity contribution in [2.75, 3.05) is 11.4 Å². The molecule has 1 unspecified atom stereocenters. The lowest BCUT2D eigenvalue weighted by Gasteiger charge is -2.42. The third kappa shape index (κ3) is 11.3. The summed E-state index contributed by atoms with van der Waals surface area (Å²) in [5.74, 6) is 0.950. The van der Waals surface area contributed by atoms with Gasteiger partial charge in [-0.2, -0.15) is 0 Å². The number of nitrogens with zero attached hydrogens (tertiary/aromatic N) is 2. The molecule has 0 saturated carbocycles. The molecule has 0 bridgehead atoms. The van der Waals surface area contributed by atoms with Gasteiger partial charge in [-0.1, -0.05) is 149 Å². The maximum Gasteiger partial charge on any atom is 0.210 e. The minimum Gasteiger partial charge on any atom is -0.337 e. The summed E-state index contributed by atoms with van der Waals surface area (Å²) in [7, 11) is 2.47. The number of benzene rings is 1. The van der Waals surface area contributed by atoms with Crippen molar-refractivity contribution in [3.8, 4) is 0 Å². The topological polar surface area (TPSA) is 6.48 Å². The second-order valence-corrected chi connectivity index (χ2v) is 20.4. The Morgan fingerprint density at radius 3 is 2.24 bits per heavy atom. The molecule has 0 N–H and O–H groups in total. The van der Waals surface area contributed by atoms with Gasteiger partial charge in [0, 0.05) is 39.9 Å². The summed E-state index contributed by atoms with van der Waals surface area (Å²) < 4.78 is 2.62. The zero-order valence-electron chi connectivity index (χ0n) is 39.1. The highest BCUT2D eigenvalue weighted by atomic mass is 32.1. The van der Waals surface area contributed by atoms with Crippen molar-refractivity contribution in [2.45, 2.75) is 147 Å². The van der Waals surface area contributed by atoms with E-state index in [1.807, 2.05) is 11.3 Å². The Hall–Kier alpha value is -3.76. The van der Waals surface area contributed by atoms with E-state index in [2.05, 4.69) is 219 Å². The molecule has 311 valence electrons. The first kappa shape index (κ1) is 46.9. The van der Waals surface area contributed by atoms with Crippen LogP contribution in [0.1, 0.15) is 147 Å². The lowest BCUT2D eigenvalue weighted by atomic mass is 9.62. The largest absolute Gasteiger partial charge is 0.337 e. The molecule has 4 rings (SSSR count). The Kier molecular flexibility index (Phi) is 16.2. The van der Waals surface area contributed by atoms with Crippen molar-refractivity contribution in [1.82, 2.24) is 4.90 Å². The van der Waals surface area contributed by atoms with Gasteiger partial charge in [-0.15, -0.1) is 11.3 Å². The highest BCUT2D eigenvalue weighted by Gasteiger charge is 2.38. The number of unbranched alkanes of at least 4 members (excludes halogenated alkanes) is 1. The monoisotopic (exact) mass is 796 g/mol. The molecule has 4 heteroatoms. The van der Waals surface area contributed by atoms with Crippen molar-refractivity contribution in [3.63, 3.8) is 0 Å². The molecule has 2 aliphatic rings. The predicted molar refractivity (Wildman–Crippen MR) is 263 cm³/mol. The molecule has 1 aliphatic heterocycles. The van der Waals surface area contributed by atoms with Crippen LogP contribution in [0.4, 0.5) is 5.69 Å². The van der Waals surface area contributed by atoms with Gasteiger partial charge in [0.05, 0.1) is 5.69 Å². The van der Waals surface area contributed by atoms with E-state index in [0.29, 0.717) is 18.4 Å². The molecule has 1 aromatic carbocycles. The standard InChI is InChI=1S/C54H76BN2S/c1-17-21-26-39(7)27-22-29-43(20-4)57-34-30-44(25-19-3)56(33-23-28-42(24-18-2)52(10,11)12)41(9)48(35-40(8)38(5)6)55-51-50(57)45-36-46-47(37-49(45)58-51)54(15,16)32-31-53(46,13)14/h18-20,22-25,27-30,33,35-39H,4,17,21,26,31-32,34H2,1-3,5-16H3/b24-18+,25-19-,27-22+,33-23+,40-35+,42-28+,43-29+,44-30+,48-41-. The van der Waals surface area contributed by atoms with Crippen molar-refractivity contribution in [2.24, 2.45) is 17.3 Å². The van der Waals surface area contributed by atoms with E-state index in [1.165, 1.54) is 86.1 Å². The third-order valence-electron chi connectivity index (χ3n) is 12.4. The Labute approximate surface area is 360 Å². The SMILES string of the molecule is C=C/C(=C\C=C\C(C)CCCC)N1C/C=C(\C=C/C)N(/C=C/C=C(\C=C\C)C(C)(C)C)/C(C)=C(/C=C(\C)C(C)C)[B]c2sc3cc4c(cc3c21)C(C)(C)CCC4(C)C. The maximum atomic E-state index is 4.44. The summed E-state index contributed by atoms with van der Waals surface area (Å²) >= 11 is 1.94. The Bertz CT molecular complexity index is 2060. The first-order chi connectivity index (χ1) is 27.3. The molecular weight excluding hydrogens is 719 g/mol. The second kappa shape index (κ2) is 20.0. The van der Waals surface area contributed by atoms with Gasteiger partial charge in [-0.3, -0.25) is 0 Å². The number of fused-ring (bicyclic) bond motifs is 4. The van der Waals surface area contributed by atoms with E-state index in [4.69, 9.17) is 0 Å². The fraction of sp³-hybridized carbons (Fsp3) is 0.481. The number of hydrogen-bond donors (Lipinski definition) is 0. The summed E-state index contributed by atoms with van der Waals surface area (Å²) in [5, 5.41) is 1.33. The van der Waals surface area contributed by atoms with Gasteiger partial charge in [-0.25, -0.2) is 0 Å². The van der Waals surface area contributed by atoms with Crippen molar-refractivity contribution < 1.29 is 0 Å². The van der Waals surface area contributed by atoms with E-state index in [1.54, 1.807) is 0 Å². The van der Waals surface area contributed by atoms with Crippen LogP contribution in [0.2, 0.25) is 0 Å². The average Bonchev–Trinajstić information content (AvgIpc) is 3.51. The van der Waals surface area contributed by atoms with Crippen molar-refractivity contribution >= 4 is 39.2 Å². The fourth-order valence-electron chi connectivity index (χ4n) is 8.00. The first-order valence-electron chi connectivity index (χ1n) is 22.1. The van der Waals surface area contributed by atoms with Crippen LogP contribution in [0.25, 0.3) is 10.1 Å². The lowest BCUT2D eigenvalue weighted by Crippen LogP contribution is -2.34. The summed E-state index contributed by atoms with van der Waals surface area (Å²) in [6.45, 7) is 39.7. The molecule has 2 nitrogen and oxygen atoms in total. The fourth-order valence-corrected chi connectivity index (χ4v) is 9.19. The molecule has 1 aliphatic carbocycles. The second-order valence-electron chi connectivity index (χ2n) is 19.3. The van der Waals surface area contributed by atoms with Gasteiger partial charge in [0.1, 0.15) is 0 Å². The molecule has 1 aromatic heterocycles. The zero-order valence-corrected chi connectivity index (χ0v) is 40.0. The highest BCUT2D eigenvalue weighted by molar-refractivity contribution is 7.29. The summed E-state index contributed by atoms with van der Waals surface area (Å²) in [5.41, 5.74) is 11.8. The molecule has 0 amide bonds. The van der Waals surface area contributed by atoms with Gasteiger partial charge in [0.2, 0.25) is 7.28 Å². The highest BCUT2D eigenvalue weighted by Crippen LogP contribution is 2.49. The molecule has 1 radical (unpaired) electrons. The van der Waals surface area contributed by atoms with Crippen LogP contribution in [-0.2, 0) is 10.8 Å². The van der Waals surface area contributed by atoms with Gasteiger partial charge >= 0.3 is 0 Å². The molecule has 0 spiro atoms. The van der Waals surface area contributed by atoms with Crippen molar-refractivity contribution in [1.29, 1.82) is 0 Å². The van der Waals surface area contributed by atoms with Crippen LogP contribution < -0.4 is 9.68 Å². The summed E-state index contributed by atoms with van der Waals surface area (Å²) in [6.07, 6.45) is 35.4. The maximum absolute atomic E-state index is 4.44. The molecule has 0 fully saturated rings. The number of hydrogen-bond acceptors (Lipinski definition) is 3. The number of allylic oxidation sites excluding steroid dienone is 15. The average molecular weight is 796 g/mol. The van der Waals surface area contributed by atoms with Gasteiger partial charge < -0.3 is 9.80 Å². The Morgan fingerprint density at radius 2 is 1.66 bits per heavy atom. The minimum absolute atomic E-state index is 0.0306. The molecule has 2 aromatic rings. The van der Waals surface area contributed by atoms with Crippen LogP contribution in [-0.4, -0.2) is 18.7 Å². The number of rotatable bonds is 13. The van der Waals surface area contributed by atoms with Crippen LogP contribution in [0.5, 0.6) is 0 Å². The minimum atomic E-state index is 0.0306. The summed E-state index contributed by atoms with van der Waals surface area (Å²) in [6, 6.07) is 5.12. The normalized spacial score (nSPS) is 21.3. The molecule has 0 saturated heterocycles. The Balaban J connectivity index is 2.13. The van der Waals surface area contributed by atoms with Gasteiger partial charge in [-0.05, 0) is 139 Å². The van der Waals surface area contributed by atoms with Gasteiger partial charge in [0.15, 0.2) is 0 Å². The van der Waals surface area contributed by atoms with E-state index in [-0.39, 0.29) is 16.2 Å². The lowest BCUT2D eigenvalue weighted by molar-refractivity contribution is 0.332. The van der Waals surface area contributed by atoms with E-state index in [0.717, 1.165) is 11.4 Å². The van der Waals surface area contributed by atoms with Crippen LogP contribution in [0.15, 0.2) is 132 Å². The van der Waals surface area contributed by atoms with E-state index in [9.17, 15) is 0 Å². The van der Waals surface area contributed by atoms with E-state index < -0.39 is 0 Å². The predicted octanol–water partition coefficient (Wildman–Crippen LogP) is 15.5. The van der Waals surface area contributed by atoms with Crippen molar-refractivity contribution in [3.05, 3.63) is 143 Å². The number of anilines is 1. The molecule has 2 heterocycles. The molecule has 1 atom stereocenters. The third-order valence-corrected chi connectivity index (χ3v) is 13.4. The van der Waals surface area contributed by atoms with Crippen LogP contribution in [0, 0.1) is 17.3 Å². The first-order valence-corrected chi connectivity index (χ1v) is 22.9. The Morgan fingerprint density at radius 1 is 0.983 bits per heavy atom. The summed E-state index contributed by atoms with van der Waals surface area (Å²) in [4.78, 5) is 4.91. The van der Waals surface area contributed by atoms with E-state index >= 15 is 0 Å². The number of thiophene rings is 1. The molecule has 58 heavy (non-hydrogen) atoms. The quantitative estimate of drug-likeness (QED) is 0.147.